The fourth-order valence-corrected chi connectivity index (χ4v) is 6.22. The van der Waals surface area contributed by atoms with Crippen molar-refractivity contribution < 1.29 is 32.3 Å². The standard InChI is InChI=1S/C27H29ClF3N7O4/c1-3-38-18-9-8-16(21(42-2)14(18)6-7-17(24(38)40)34-25(41)27(29,30)31)35-26-33-11-15(28)23(37-26)36-20-13-5-4-12(10-13)19(20)22(32)39/h4-5,8-9,11-13,17,19-20H,3,6-7,10H2,1-2H3,(H2,32,39)(H,34,41)(H2,33,35,36,37)/t12-,13+,17?,19+,20-/m1/s1. The van der Waals surface area contributed by atoms with Crippen LogP contribution in [0, 0.1) is 17.8 Å². The summed E-state index contributed by atoms with van der Waals surface area (Å²) in [6, 6.07) is 1.63. The number of anilines is 4. The van der Waals surface area contributed by atoms with Crippen LogP contribution in [0.25, 0.3) is 0 Å². The third-order valence-electron chi connectivity index (χ3n) is 7.94. The van der Waals surface area contributed by atoms with Gasteiger partial charge in [-0.05, 0) is 50.2 Å². The number of methoxy groups -OCH3 is 1. The molecule has 1 aromatic carbocycles. The quantitative estimate of drug-likeness (QED) is 0.334. The lowest BCUT2D eigenvalue weighted by molar-refractivity contribution is -0.174. The molecule has 42 heavy (non-hydrogen) atoms. The number of carbonyl (C=O) groups is 3. The summed E-state index contributed by atoms with van der Waals surface area (Å²) in [6.45, 7) is 1.83. The molecule has 2 heterocycles. The Labute approximate surface area is 244 Å². The average molecular weight is 608 g/mol. The molecule has 3 aliphatic rings. The van der Waals surface area contributed by atoms with Crippen LogP contribution < -0.4 is 31.3 Å². The molecule has 5 N–H and O–H groups in total. The first kappa shape index (κ1) is 29.4. The molecular weight excluding hydrogens is 579 g/mol. The van der Waals surface area contributed by atoms with E-state index in [9.17, 15) is 27.6 Å². The third-order valence-corrected chi connectivity index (χ3v) is 8.22. The van der Waals surface area contributed by atoms with E-state index in [4.69, 9.17) is 22.1 Å². The van der Waals surface area contributed by atoms with Gasteiger partial charge >= 0.3 is 12.1 Å². The van der Waals surface area contributed by atoms with Crippen molar-refractivity contribution >= 4 is 52.5 Å². The molecule has 1 saturated carbocycles. The molecule has 1 aromatic heterocycles. The topological polar surface area (TPSA) is 152 Å². The molecule has 2 aromatic rings. The van der Waals surface area contributed by atoms with Gasteiger partial charge < -0.3 is 31.3 Å². The van der Waals surface area contributed by atoms with Gasteiger partial charge in [0.15, 0.2) is 5.82 Å². The van der Waals surface area contributed by atoms with E-state index in [1.54, 1.807) is 19.1 Å². The van der Waals surface area contributed by atoms with Gasteiger partial charge in [-0.3, -0.25) is 14.4 Å². The normalized spacial score (nSPS) is 24.7. The Bertz CT molecular complexity index is 1450. The Kier molecular flexibility index (Phi) is 7.92. The number of alkyl halides is 3. The molecule has 2 aliphatic carbocycles. The van der Waals surface area contributed by atoms with Crippen molar-refractivity contribution in [1.82, 2.24) is 15.3 Å². The number of nitrogens with zero attached hydrogens (tertiary/aromatic N) is 3. The number of nitrogens with one attached hydrogen (secondary N) is 3. The van der Waals surface area contributed by atoms with Crippen LogP contribution in [0.2, 0.25) is 5.02 Å². The van der Waals surface area contributed by atoms with Crippen LogP contribution in [0.15, 0.2) is 30.5 Å². The van der Waals surface area contributed by atoms with Gasteiger partial charge in [-0.15, -0.1) is 0 Å². The average Bonchev–Trinajstić information content (AvgIpc) is 3.51. The molecule has 0 saturated heterocycles. The Morgan fingerprint density at radius 2 is 1.98 bits per heavy atom. The predicted octanol–water partition coefficient (Wildman–Crippen LogP) is 3.32. The first-order valence-electron chi connectivity index (χ1n) is 13.4. The summed E-state index contributed by atoms with van der Waals surface area (Å²) in [4.78, 5) is 46.9. The first-order chi connectivity index (χ1) is 19.9. The number of hydrogen-bond acceptors (Lipinski definition) is 8. The zero-order chi connectivity index (χ0) is 30.3. The second-order valence-electron chi connectivity index (χ2n) is 10.4. The number of benzene rings is 1. The van der Waals surface area contributed by atoms with Crippen molar-refractivity contribution in [2.45, 2.75) is 44.4 Å². The fraction of sp³-hybridized carbons (Fsp3) is 0.444. The lowest BCUT2D eigenvalue weighted by Gasteiger charge is -2.27. The molecule has 1 unspecified atom stereocenters. The molecule has 3 amide bonds. The number of amides is 3. The highest BCUT2D eigenvalue weighted by molar-refractivity contribution is 6.32. The molecular formula is C27H29ClF3N7O4. The molecule has 0 spiro atoms. The van der Waals surface area contributed by atoms with Gasteiger partial charge in [0.05, 0.1) is 30.6 Å². The molecule has 11 nitrogen and oxygen atoms in total. The van der Waals surface area contributed by atoms with Gasteiger partial charge in [0.2, 0.25) is 17.8 Å². The number of likely N-dealkylation sites (N-methyl/N-ethyl adjacent to an activating group) is 1. The van der Waals surface area contributed by atoms with E-state index in [2.05, 4.69) is 26.7 Å². The number of allylic oxidation sites excluding steroid dienone is 1. The number of halogens is 4. The number of hydrogen-bond donors (Lipinski definition) is 4. The van der Waals surface area contributed by atoms with E-state index in [0.29, 0.717) is 28.5 Å². The minimum atomic E-state index is -5.12. The van der Waals surface area contributed by atoms with Crippen LogP contribution in [0.5, 0.6) is 5.75 Å². The lowest BCUT2D eigenvalue weighted by atomic mass is 9.88. The Morgan fingerprint density at radius 1 is 1.24 bits per heavy atom. The van der Waals surface area contributed by atoms with E-state index >= 15 is 0 Å². The summed E-state index contributed by atoms with van der Waals surface area (Å²) >= 11 is 6.39. The largest absolute Gasteiger partial charge is 0.494 e. The third kappa shape index (κ3) is 5.42. The molecule has 224 valence electrons. The maximum absolute atomic E-state index is 13.1. The van der Waals surface area contributed by atoms with Gasteiger partial charge in [-0.25, -0.2) is 4.98 Å². The van der Waals surface area contributed by atoms with Crippen molar-refractivity contribution in [1.29, 1.82) is 0 Å². The molecule has 5 rings (SSSR count). The molecule has 1 fully saturated rings. The highest BCUT2D eigenvalue weighted by atomic mass is 35.5. The Hall–Kier alpha value is -4.07. The fourth-order valence-electron chi connectivity index (χ4n) is 6.08. The van der Waals surface area contributed by atoms with Gasteiger partial charge in [-0.2, -0.15) is 18.2 Å². The summed E-state index contributed by atoms with van der Waals surface area (Å²) in [6.07, 6.45) is 1.23. The monoisotopic (exact) mass is 607 g/mol. The van der Waals surface area contributed by atoms with Gasteiger partial charge in [0, 0.05) is 18.2 Å². The maximum Gasteiger partial charge on any atom is 0.471 e. The van der Waals surface area contributed by atoms with Crippen molar-refractivity contribution in [3.63, 3.8) is 0 Å². The SMILES string of the molecule is CCN1C(=O)C(NC(=O)C(F)(F)F)CCc2c1ccc(Nc1ncc(Cl)c(N[C@H]3[C@@H](C(N)=O)[C@@H]4C=C[C@H]3C4)n1)c2OC. The number of fused-ring (bicyclic) bond motifs is 3. The van der Waals surface area contributed by atoms with E-state index in [-0.39, 0.29) is 48.2 Å². The van der Waals surface area contributed by atoms with E-state index < -0.39 is 35.9 Å². The van der Waals surface area contributed by atoms with Crippen molar-refractivity contribution in [3.05, 3.63) is 41.1 Å². The van der Waals surface area contributed by atoms with E-state index in [0.717, 1.165) is 6.42 Å². The van der Waals surface area contributed by atoms with Gasteiger partial charge in [0.25, 0.3) is 0 Å². The van der Waals surface area contributed by atoms with Crippen molar-refractivity contribution in [2.75, 3.05) is 29.2 Å². The smallest absolute Gasteiger partial charge is 0.471 e. The maximum atomic E-state index is 13.1. The van der Waals surface area contributed by atoms with Crippen LogP contribution in [0.1, 0.15) is 25.3 Å². The van der Waals surface area contributed by atoms with Crippen LogP contribution in [-0.4, -0.2) is 59.6 Å². The molecule has 15 heteroatoms. The number of nitrogens with two attached hydrogens (primary N) is 1. The van der Waals surface area contributed by atoms with Crippen molar-refractivity contribution in [2.24, 2.45) is 23.5 Å². The zero-order valence-corrected chi connectivity index (χ0v) is 23.4. The number of ether oxygens (including phenoxy) is 1. The summed E-state index contributed by atoms with van der Waals surface area (Å²) < 4.78 is 44.4. The Balaban J connectivity index is 1.41. The van der Waals surface area contributed by atoms with Crippen molar-refractivity contribution in [3.8, 4) is 5.75 Å². The van der Waals surface area contributed by atoms with E-state index in [1.165, 1.54) is 18.2 Å². The van der Waals surface area contributed by atoms with Crippen LogP contribution in [0.4, 0.5) is 36.3 Å². The number of rotatable bonds is 8. The summed E-state index contributed by atoms with van der Waals surface area (Å²) in [7, 11) is 1.43. The Morgan fingerprint density at radius 3 is 2.64 bits per heavy atom. The zero-order valence-electron chi connectivity index (χ0n) is 22.7. The number of primary amides is 1. The van der Waals surface area contributed by atoms with Gasteiger partial charge in [-0.1, -0.05) is 23.8 Å². The molecule has 5 atom stereocenters. The predicted molar refractivity (Wildman–Crippen MR) is 148 cm³/mol. The number of carbonyl (C=O) groups excluding carboxylic acids is 3. The van der Waals surface area contributed by atoms with Crippen LogP contribution >= 0.6 is 11.6 Å². The summed E-state index contributed by atoms with van der Waals surface area (Å²) in [5.74, 6) is -2.67. The highest BCUT2D eigenvalue weighted by Crippen LogP contribution is 2.45. The molecule has 1 aliphatic heterocycles. The minimum absolute atomic E-state index is 0.0583. The number of aromatic nitrogens is 2. The van der Waals surface area contributed by atoms with Gasteiger partial charge in [0.1, 0.15) is 16.8 Å². The second kappa shape index (κ2) is 11.3. The van der Waals surface area contributed by atoms with E-state index in [1.807, 2.05) is 11.4 Å². The highest BCUT2D eigenvalue weighted by Gasteiger charge is 2.48. The molecule has 0 radical (unpaired) electrons. The molecule has 2 bridgehead atoms. The summed E-state index contributed by atoms with van der Waals surface area (Å²) in [5.41, 5.74) is 7.13. The van der Waals surface area contributed by atoms with Crippen LogP contribution in [-0.2, 0) is 20.8 Å². The first-order valence-corrected chi connectivity index (χ1v) is 13.7. The second-order valence-corrected chi connectivity index (χ2v) is 10.8. The summed E-state index contributed by atoms with van der Waals surface area (Å²) in [5, 5.41) is 8.42. The lowest BCUT2D eigenvalue weighted by Crippen LogP contribution is -2.51. The van der Waals surface area contributed by atoms with Crippen LogP contribution in [0.3, 0.4) is 0 Å². The minimum Gasteiger partial charge on any atom is -0.494 e.